The number of carboxylic acid groups (broad SMARTS) is 1. The van der Waals surface area contributed by atoms with Gasteiger partial charge in [0.05, 0.1) is 11.1 Å². The zero-order chi connectivity index (χ0) is 16.1. The summed E-state index contributed by atoms with van der Waals surface area (Å²) < 4.78 is 0. The quantitative estimate of drug-likeness (QED) is 0.715. The van der Waals surface area contributed by atoms with Crippen LogP contribution in [0.1, 0.15) is 36.8 Å². The lowest BCUT2D eigenvalue weighted by atomic mass is 10.1. The van der Waals surface area contributed by atoms with Gasteiger partial charge in [0.25, 0.3) is 5.91 Å². The number of phenolic OH excluding ortho intramolecular Hbond substituents is 1. The highest BCUT2D eigenvalue weighted by molar-refractivity contribution is 5.95. The summed E-state index contributed by atoms with van der Waals surface area (Å²) in [5.41, 5.74) is 0.683. The molecule has 1 aromatic carbocycles. The lowest BCUT2D eigenvalue weighted by Crippen LogP contribution is -2.24. The van der Waals surface area contributed by atoms with Crippen LogP contribution in [-0.4, -0.2) is 33.4 Å². The Morgan fingerprint density at radius 1 is 1.23 bits per heavy atom. The molecule has 7 nitrogen and oxygen atoms in total. The number of nitrogens with zero attached hydrogens (tertiary/aromatic N) is 1. The fourth-order valence-corrected chi connectivity index (χ4v) is 1.77. The first-order chi connectivity index (χ1) is 10.5. The average molecular weight is 300 g/mol. The van der Waals surface area contributed by atoms with E-state index in [1.807, 2.05) is 0 Å². The number of carbonyl (C=O) groups is 3. The Morgan fingerprint density at radius 3 is 2.68 bits per heavy atom. The van der Waals surface area contributed by atoms with E-state index in [0.29, 0.717) is 11.8 Å². The number of aromatic hydroxyl groups is 1. The Morgan fingerprint density at radius 2 is 2.00 bits per heavy atom. The van der Waals surface area contributed by atoms with Gasteiger partial charge in [0, 0.05) is 12.7 Å². The number of pyridine rings is 1. The van der Waals surface area contributed by atoms with Gasteiger partial charge >= 0.3 is 5.97 Å². The van der Waals surface area contributed by atoms with Crippen molar-refractivity contribution in [1.29, 1.82) is 0 Å². The fourth-order valence-electron chi connectivity index (χ4n) is 1.77. The topological polar surface area (TPSA) is 117 Å². The molecule has 2 rings (SSSR count). The zero-order valence-electron chi connectivity index (χ0n) is 11.3. The van der Waals surface area contributed by atoms with Crippen molar-refractivity contribution in [3.05, 3.63) is 58.9 Å². The molecule has 1 aromatic heterocycles. The van der Waals surface area contributed by atoms with Crippen molar-refractivity contribution in [3.8, 4) is 5.75 Å². The standard InChI is InChI=1S/C15H12N2O5/c18-8-11-5-9(1-2-13(11)19)7-17-14(20)12-6-10(15(21)22)3-4-16-12/h1-6,8,19H,7H2,(H,17,20)(H,21,22). The van der Waals surface area contributed by atoms with Gasteiger partial charge in [-0.2, -0.15) is 0 Å². The summed E-state index contributed by atoms with van der Waals surface area (Å²) in [5.74, 6) is -1.82. The van der Waals surface area contributed by atoms with E-state index in [1.54, 1.807) is 6.07 Å². The molecule has 0 fully saturated rings. The molecule has 0 atom stereocenters. The average Bonchev–Trinajstić information content (AvgIpc) is 2.53. The highest BCUT2D eigenvalue weighted by Crippen LogP contribution is 2.16. The van der Waals surface area contributed by atoms with E-state index < -0.39 is 11.9 Å². The van der Waals surface area contributed by atoms with E-state index in [1.165, 1.54) is 30.5 Å². The van der Waals surface area contributed by atoms with Crippen molar-refractivity contribution in [3.63, 3.8) is 0 Å². The van der Waals surface area contributed by atoms with Crippen LogP contribution in [0.25, 0.3) is 0 Å². The van der Waals surface area contributed by atoms with Gasteiger partial charge in [-0.3, -0.25) is 14.6 Å². The molecule has 3 N–H and O–H groups in total. The van der Waals surface area contributed by atoms with E-state index in [9.17, 15) is 19.5 Å². The number of amides is 1. The molecule has 22 heavy (non-hydrogen) atoms. The lowest BCUT2D eigenvalue weighted by molar-refractivity contribution is 0.0696. The number of benzene rings is 1. The summed E-state index contributed by atoms with van der Waals surface area (Å²) in [6, 6.07) is 6.82. The molecule has 0 aliphatic carbocycles. The van der Waals surface area contributed by atoms with Gasteiger partial charge in [-0.05, 0) is 29.8 Å². The molecule has 112 valence electrons. The Kier molecular flexibility index (Phi) is 4.47. The summed E-state index contributed by atoms with van der Waals surface area (Å²) in [6.45, 7) is 0.110. The fraction of sp³-hybridized carbons (Fsp3) is 0.0667. The summed E-state index contributed by atoms with van der Waals surface area (Å²) in [7, 11) is 0. The molecule has 0 saturated heterocycles. The number of hydrogen-bond donors (Lipinski definition) is 3. The minimum atomic E-state index is -1.15. The molecule has 0 saturated carbocycles. The number of phenols is 1. The zero-order valence-corrected chi connectivity index (χ0v) is 11.3. The number of nitrogens with one attached hydrogen (secondary N) is 1. The molecule has 0 aliphatic rings. The van der Waals surface area contributed by atoms with Crippen LogP contribution in [0, 0.1) is 0 Å². The molecule has 0 bridgehead atoms. The Labute approximate surface area is 125 Å². The summed E-state index contributed by atoms with van der Waals surface area (Å²) in [6.07, 6.45) is 1.75. The maximum Gasteiger partial charge on any atom is 0.335 e. The summed E-state index contributed by atoms with van der Waals surface area (Å²) >= 11 is 0. The third kappa shape index (κ3) is 3.45. The van der Waals surface area contributed by atoms with E-state index in [-0.39, 0.29) is 29.1 Å². The van der Waals surface area contributed by atoms with Crippen molar-refractivity contribution in [2.24, 2.45) is 0 Å². The van der Waals surface area contributed by atoms with Crippen molar-refractivity contribution >= 4 is 18.2 Å². The van der Waals surface area contributed by atoms with Crippen molar-refractivity contribution in [2.45, 2.75) is 6.54 Å². The van der Waals surface area contributed by atoms with E-state index >= 15 is 0 Å². The molecular weight excluding hydrogens is 288 g/mol. The van der Waals surface area contributed by atoms with Crippen molar-refractivity contribution < 1.29 is 24.6 Å². The molecule has 2 aromatic rings. The Hall–Kier alpha value is -3.22. The van der Waals surface area contributed by atoms with Crippen LogP contribution < -0.4 is 5.32 Å². The number of carbonyl (C=O) groups excluding carboxylic acids is 2. The van der Waals surface area contributed by atoms with Gasteiger partial charge in [-0.15, -0.1) is 0 Å². The number of aromatic carboxylic acids is 1. The minimum absolute atomic E-state index is 0.0192. The monoisotopic (exact) mass is 300 g/mol. The Bertz CT molecular complexity index is 742. The molecule has 0 spiro atoms. The van der Waals surface area contributed by atoms with Crippen LogP contribution >= 0.6 is 0 Å². The molecule has 1 heterocycles. The smallest absolute Gasteiger partial charge is 0.335 e. The Balaban J connectivity index is 2.08. The molecular formula is C15H12N2O5. The van der Waals surface area contributed by atoms with E-state index in [2.05, 4.69) is 10.3 Å². The number of hydrogen-bond acceptors (Lipinski definition) is 5. The minimum Gasteiger partial charge on any atom is -0.507 e. The third-order valence-electron chi connectivity index (χ3n) is 2.91. The molecule has 0 aliphatic heterocycles. The second-order valence-electron chi connectivity index (χ2n) is 4.43. The van der Waals surface area contributed by atoms with Gasteiger partial charge in [0.15, 0.2) is 6.29 Å². The lowest BCUT2D eigenvalue weighted by Gasteiger charge is -2.06. The molecule has 1 amide bonds. The predicted octanol–water partition coefficient (Wildman–Crippen LogP) is 1.23. The van der Waals surface area contributed by atoms with Crippen LogP contribution in [0.3, 0.4) is 0 Å². The molecule has 7 heteroatoms. The third-order valence-corrected chi connectivity index (χ3v) is 2.91. The highest BCUT2D eigenvalue weighted by atomic mass is 16.4. The first-order valence-electron chi connectivity index (χ1n) is 6.26. The van der Waals surface area contributed by atoms with Crippen LogP contribution in [-0.2, 0) is 6.54 Å². The van der Waals surface area contributed by atoms with Gasteiger partial charge in [0.2, 0.25) is 0 Å². The first-order valence-corrected chi connectivity index (χ1v) is 6.26. The SMILES string of the molecule is O=Cc1cc(CNC(=O)c2cc(C(=O)O)ccn2)ccc1O. The first kappa shape index (κ1) is 15.2. The number of aromatic nitrogens is 1. The van der Waals surface area contributed by atoms with Crippen LogP contribution in [0.15, 0.2) is 36.5 Å². The number of carboxylic acids is 1. The number of rotatable bonds is 5. The summed E-state index contributed by atoms with van der Waals surface area (Å²) in [4.78, 5) is 37.3. The predicted molar refractivity (Wildman–Crippen MR) is 75.9 cm³/mol. The van der Waals surface area contributed by atoms with Gasteiger partial charge < -0.3 is 15.5 Å². The summed E-state index contributed by atoms with van der Waals surface area (Å²) in [5, 5.41) is 20.8. The van der Waals surface area contributed by atoms with Gasteiger partial charge in [-0.25, -0.2) is 4.79 Å². The second kappa shape index (κ2) is 6.49. The van der Waals surface area contributed by atoms with Gasteiger partial charge in [-0.1, -0.05) is 6.07 Å². The maximum absolute atomic E-state index is 11.9. The molecule has 0 unspecified atom stereocenters. The van der Waals surface area contributed by atoms with Crippen LogP contribution in [0.4, 0.5) is 0 Å². The van der Waals surface area contributed by atoms with Crippen molar-refractivity contribution in [2.75, 3.05) is 0 Å². The van der Waals surface area contributed by atoms with Crippen molar-refractivity contribution in [1.82, 2.24) is 10.3 Å². The highest BCUT2D eigenvalue weighted by Gasteiger charge is 2.11. The van der Waals surface area contributed by atoms with Gasteiger partial charge in [0.1, 0.15) is 11.4 Å². The largest absolute Gasteiger partial charge is 0.507 e. The molecule has 0 radical (unpaired) electrons. The van der Waals surface area contributed by atoms with Crippen LogP contribution in [0.2, 0.25) is 0 Å². The maximum atomic E-state index is 11.9. The number of aldehydes is 1. The van der Waals surface area contributed by atoms with E-state index in [4.69, 9.17) is 5.11 Å². The second-order valence-corrected chi connectivity index (χ2v) is 4.43. The normalized spacial score (nSPS) is 10.0. The van der Waals surface area contributed by atoms with Crippen LogP contribution in [0.5, 0.6) is 5.75 Å². The van der Waals surface area contributed by atoms with E-state index in [0.717, 1.165) is 0 Å².